The van der Waals surface area contributed by atoms with Crippen molar-refractivity contribution in [3.8, 4) is 5.75 Å². The number of hydrogen-bond acceptors (Lipinski definition) is 4. The number of amides is 1. The summed E-state index contributed by atoms with van der Waals surface area (Å²) >= 11 is 0. The lowest BCUT2D eigenvalue weighted by atomic mass is 9.97. The van der Waals surface area contributed by atoms with E-state index in [0.717, 1.165) is 43.4 Å². The summed E-state index contributed by atoms with van der Waals surface area (Å²) in [5.74, 6) is 0.421. The van der Waals surface area contributed by atoms with Crippen LogP contribution in [-0.4, -0.2) is 38.4 Å². The number of fused-ring (bicyclic) bond motifs is 2. The number of benzene rings is 2. The van der Waals surface area contributed by atoms with Gasteiger partial charge in [-0.25, -0.2) is 8.42 Å². The number of piperidine rings is 1. The van der Waals surface area contributed by atoms with Crippen LogP contribution in [0.5, 0.6) is 5.75 Å². The van der Waals surface area contributed by atoms with Gasteiger partial charge in [-0.05, 0) is 74.6 Å². The zero-order valence-corrected chi connectivity index (χ0v) is 17.6. The van der Waals surface area contributed by atoms with E-state index in [1.54, 1.807) is 36.4 Å². The van der Waals surface area contributed by atoms with Crippen LogP contribution in [0.2, 0.25) is 0 Å². The molecule has 1 saturated heterocycles. The van der Waals surface area contributed by atoms with Crippen molar-refractivity contribution in [3.05, 3.63) is 53.1 Å². The second kappa shape index (κ2) is 7.71. The zero-order valence-electron chi connectivity index (χ0n) is 16.8. The summed E-state index contributed by atoms with van der Waals surface area (Å²) in [5, 5.41) is 0. The van der Waals surface area contributed by atoms with Gasteiger partial charge in [0.15, 0.2) is 0 Å². The van der Waals surface area contributed by atoms with Gasteiger partial charge in [-0.2, -0.15) is 0 Å². The van der Waals surface area contributed by atoms with E-state index in [4.69, 9.17) is 4.74 Å². The Morgan fingerprint density at radius 1 is 1.03 bits per heavy atom. The highest BCUT2D eigenvalue weighted by atomic mass is 32.2. The minimum absolute atomic E-state index is 0.0865. The van der Waals surface area contributed by atoms with E-state index < -0.39 is 10.0 Å². The lowest BCUT2D eigenvalue weighted by Gasteiger charge is -2.37. The number of ether oxygens (including phenoxy) is 1. The second-order valence-corrected chi connectivity index (χ2v) is 9.53. The van der Waals surface area contributed by atoms with Gasteiger partial charge in [0, 0.05) is 24.7 Å². The minimum atomic E-state index is -3.75. The molecule has 0 bridgehead atoms. The Bertz CT molecular complexity index is 1050. The topological polar surface area (TPSA) is 75.7 Å². The van der Waals surface area contributed by atoms with Crippen LogP contribution in [0.1, 0.15) is 47.2 Å². The summed E-state index contributed by atoms with van der Waals surface area (Å²) in [6, 6.07) is 10.1. The summed E-state index contributed by atoms with van der Waals surface area (Å²) in [6.07, 6.45) is 3.94. The van der Waals surface area contributed by atoms with Crippen LogP contribution in [0.4, 0.5) is 5.69 Å². The molecule has 2 aliphatic rings. The van der Waals surface area contributed by atoms with Crippen molar-refractivity contribution in [2.24, 2.45) is 0 Å². The third kappa shape index (κ3) is 3.96. The van der Waals surface area contributed by atoms with Crippen LogP contribution < -0.4 is 9.46 Å². The van der Waals surface area contributed by atoms with Gasteiger partial charge in [-0.15, -0.1) is 0 Å². The van der Waals surface area contributed by atoms with E-state index in [0.29, 0.717) is 23.6 Å². The lowest BCUT2D eigenvalue weighted by molar-refractivity contribution is 0.0548. The van der Waals surface area contributed by atoms with Crippen molar-refractivity contribution >= 4 is 21.6 Å². The van der Waals surface area contributed by atoms with E-state index in [2.05, 4.69) is 4.72 Å². The van der Waals surface area contributed by atoms with E-state index in [1.807, 2.05) is 18.7 Å². The molecule has 2 heterocycles. The molecule has 7 heteroatoms. The van der Waals surface area contributed by atoms with Gasteiger partial charge in [0.25, 0.3) is 15.9 Å². The highest BCUT2D eigenvalue weighted by Gasteiger charge is 2.31. The van der Waals surface area contributed by atoms with Gasteiger partial charge in [0.1, 0.15) is 5.75 Å². The van der Waals surface area contributed by atoms with Crippen LogP contribution in [0, 0.1) is 13.8 Å². The first-order valence-corrected chi connectivity index (χ1v) is 11.5. The van der Waals surface area contributed by atoms with Gasteiger partial charge in [0.2, 0.25) is 0 Å². The van der Waals surface area contributed by atoms with Gasteiger partial charge in [-0.1, -0.05) is 6.07 Å². The Morgan fingerprint density at radius 2 is 1.86 bits per heavy atom. The molecule has 2 aromatic carbocycles. The molecule has 154 valence electrons. The minimum Gasteiger partial charge on any atom is -0.493 e. The SMILES string of the molecule is Cc1ccc(S(=O)(=O)Nc2ccc3c(c2)C(=O)N2CCCCC2CCO3)cc1C. The van der Waals surface area contributed by atoms with Gasteiger partial charge in [-0.3, -0.25) is 9.52 Å². The molecule has 1 N–H and O–H groups in total. The normalized spacial score (nSPS) is 19.4. The average Bonchev–Trinajstić information content (AvgIpc) is 2.69. The summed E-state index contributed by atoms with van der Waals surface area (Å²) in [5.41, 5.74) is 2.71. The van der Waals surface area contributed by atoms with Crippen molar-refractivity contribution < 1.29 is 17.9 Å². The molecular weight excluding hydrogens is 388 g/mol. The lowest BCUT2D eigenvalue weighted by Crippen LogP contribution is -2.45. The molecule has 0 saturated carbocycles. The molecule has 1 fully saturated rings. The zero-order chi connectivity index (χ0) is 20.6. The molecule has 1 amide bonds. The molecule has 0 aliphatic carbocycles. The Labute approximate surface area is 171 Å². The second-order valence-electron chi connectivity index (χ2n) is 7.85. The fourth-order valence-electron chi connectivity index (χ4n) is 4.01. The predicted octanol–water partition coefficient (Wildman–Crippen LogP) is 3.88. The standard InChI is InChI=1S/C22H26N2O4S/c1-15-6-8-19(13-16(15)2)29(26,27)23-17-7-9-21-20(14-17)22(25)24-11-4-3-5-18(24)10-12-28-21/h6-9,13-14,18,23H,3-5,10-12H2,1-2H3. The predicted molar refractivity (Wildman–Crippen MR) is 112 cm³/mol. The van der Waals surface area contributed by atoms with Crippen LogP contribution in [-0.2, 0) is 10.0 Å². The molecule has 29 heavy (non-hydrogen) atoms. The largest absolute Gasteiger partial charge is 0.493 e. The molecule has 6 nitrogen and oxygen atoms in total. The quantitative estimate of drug-likeness (QED) is 0.827. The number of hydrogen-bond donors (Lipinski definition) is 1. The maximum Gasteiger partial charge on any atom is 0.261 e. The van der Waals surface area contributed by atoms with Crippen molar-refractivity contribution in [3.63, 3.8) is 0 Å². The molecule has 0 aromatic heterocycles. The van der Waals surface area contributed by atoms with E-state index >= 15 is 0 Å². The average molecular weight is 415 g/mol. The van der Waals surface area contributed by atoms with Gasteiger partial charge < -0.3 is 9.64 Å². The van der Waals surface area contributed by atoms with Crippen LogP contribution >= 0.6 is 0 Å². The first kappa shape index (κ1) is 19.8. The third-order valence-electron chi connectivity index (χ3n) is 5.85. The highest BCUT2D eigenvalue weighted by Crippen LogP contribution is 2.31. The maximum atomic E-state index is 13.2. The number of nitrogens with zero attached hydrogens (tertiary/aromatic N) is 1. The van der Waals surface area contributed by atoms with Gasteiger partial charge >= 0.3 is 0 Å². The first-order valence-electron chi connectivity index (χ1n) is 10.0. The monoisotopic (exact) mass is 414 g/mol. The molecule has 0 spiro atoms. The summed E-state index contributed by atoms with van der Waals surface area (Å²) in [7, 11) is -3.75. The van der Waals surface area contributed by atoms with Crippen molar-refractivity contribution in [1.82, 2.24) is 4.90 Å². The molecule has 0 radical (unpaired) electrons. The highest BCUT2D eigenvalue weighted by molar-refractivity contribution is 7.92. The molecule has 2 aromatic rings. The number of aryl methyl sites for hydroxylation is 2. The van der Waals surface area contributed by atoms with Crippen molar-refractivity contribution in [2.45, 2.75) is 50.5 Å². The summed E-state index contributed by atoms with van der Waals surface area (Å²) in [4.78, 5) is 15.3. The van der Waals surface area contributed by atoms with Crippen molar-refractivity contribution in [2.75, 3.05) is 17.9 Å². The number of carbonyl (C=O) groups excluding carboxylic acids is 1. The Balaban J connectivity index is 1.65. The molecule has 1 unspecified atom stereocenters. The number of sulfonamides is 1. The Hall–Kier alpha value is -2.54. The summed E-state index contributed by atoms with van der Waals surface area (Å²) in [6.45, 7) is 5.11. The number of rotatable bonds is 3. The molecule has 4 rings (SSSR count). The Morgan fingerprint density at radius 3 is 2.66 bits per heavy atom. The fourth-order valence-corrected chi connectivity index (χ4v) is 5.14. The van der Waals surface area contributed by atoms with Crippen LogP contribution in [0.3, 0.4) is 0 Å². The van der Waals surface area contributed by atoms with E-state index in [1.165, 1.54) is 0 Å². The summed E-state index contributed by atoms with van der Waals surface area (Å²) < 4.78 is 34.1. The maximum absolute atomic E-state index is 13.2. The first-order chi connectivity index (χ1) is 13.8. The van der Waals surface area contributed by atoms with Crippen LogP contribution in [0.15, 0.2) is 41.3 Å². The van der Waals surface area contributed by atoms with Gasteiger partial charge in [0.05, 0.1) is 17.1 Å². The van der Waals surface area contributed by atoms with E-state index in [-0.39, 0.29) is 16.8 Å². The smallest absolute Gasteiger partial charge is 0.261 e. The Kier molecular flexibility index (Phi) is 5.25. The number of nitrogens with one attached hydrogen (secondary N) is 1. The molecule has 2 aliphatic heterocycles. The van der Waals surface area contributed by atoms with Crippen molar-refractivity contribution in [1.29, 1.82) is 0 Å². The fraction of sp³-hybridized carbons (Fsp3) is 0.409. The molecular formula is C22H26N2O4S. The third-order valence-corrected chi connectivity index (χ3v) is 7.23. The number of anilines is 1. The molecule has 1 atom stereocenters. The van der Waals surface area contributed by atoms with E-state index in [9.17, 15) is 13.2 Å². The number of carbonyl (C=O) groups is 1. The van der Waals surface area contributed by atoms with Crippen LogP contribution in [0.25, 0.3) is 0 Å².